The fourth-order valence-corrected chi connectivity index (χ4v) is 2.44. The number of esters is 1. The van der Waals surface area contributed by atoms with Gasteiger partial charge in [-0.3, -0.25) is 4.79 Å². The van der Waals surface area contributed by atoms with Crippen molar-refractivity contribution in [2.75, 3.05) is 6.61 Å². The van der Waals surface area contributed by atoms with E-state index in [-0.39, 0.29) is 19.1 Å². The van der Waals surface area contributed by atoms with E-state index < -0.39 is 41.1 Å². The van der Waals surface area contributed by atoms with Crippen molar-refractivity contribution in [1.82, 2.24) is 0 Å². The maximum Gasteiger partial charge on any atom is 0.421 e. The van der Waals surface area contributed by atoms with Gasteiger partial charge >= 0.3 is 18.3 Å². The lowest BCUT2D eigenvalue weighted by Crippen LogP contribution is -2.49. The summed E-state index contributed by atoms with van der Waals surface area (Å²) in [4.78, 5) is 11.6. The number of ether oxygens (including phenoxy) is 1. The predicted octanol–water partition coefficient (Wildman–Crippen LogP) is 4.26. The molecular weight excluding hydrogens is 302 g/mol. The van der Waals surface area contributed by atoms with Gasteiger partial charge in [0.15, 0.2) is 0 Å². The second-order valence-corrected chi connectivity index (χ2v) is 5.54. The number of hydrogen-bond donors (Lipinski definition) is 0. The van der Waals surface area contributed by atoms with Crippen LogP contribution in [0.1, 0.15) is 27.2 Å². The molecule has 122 valence electrons. The Morgan fingerprint density at radius 3 is 2.00 bits per heavy atom. The number of allylic oxidation sites excluding steroid dienone is 2. The zero-order valence-corrected chi connectivity index (χ0v) is 11.7. The monoisotopic (exact) mass is 318 g/mol. The van der Waals surface area contributed by atoms with Gasteiger partial charge in [-0.05, 0) is 24.7 Å². The third kappa shape index (κ3) is 3.71. The first kappa shape index (κ1) is 17.8. The Morgan fingerprint density at radius 1 is 1.19 bits per heavy atom. The van der Waals surface area contributed by atoms with Gasteiger partial charge in [-0.1, -0.05) is 19.9 Å². The number of carbonyl (C=O) groups excluding carboxylic acids is 1. The van der Waals surface area contributed by atoms with Crippen LogP contribution in [0.25, 0.3) is 0 Å². The Balaban J connectivity index is 2.98. The Labute approximate surface area is 118 Å². The minimum Gasteiger partial charge on any atom is -0.466 e. The van der Waals surface area contributed by atoms with E-state index in [1.807, 2.05) is 0 Å². The summed E-state index contributed by atoms with van der Waals surface area (Å²) >= 11 is 0. The quantitative estimate of drug-likeness (QED) is 0.441. The fourth-order valence-electron chi connectivity index (χ4n) is 2.44. The highest BCUT2D eigenvalue weighted by Gasteiger charge is 2.56. The molecule has 0 saturated heterocycles. The summed E-state index contributed by atoms with van der Waals surface area (Å²) in [7, 11) is 0. The SMILES string of the molecule is CCOC(=O)C1CC(C=C(C(F)(F)F)C(F)(F)F)C1(C)C. The van der Waals surface area contributed by atoms with Crippen LogP contribution in [0.4, 0.5) is 26.3 Å². The van der Waals surface area contributed by atoms with E-state index >= 15 is 0 Å². The topological polar surface area (TPSA) is 26.3 Å². The number of hydrogen-bond acceptors (Lipinski definition) is 2. The second-order valence-electron chi connectivity index (χ2n) is 5.54. The first-order chi connectivity index (χ1) is 9.31. The van der Waals surface area contributed by atoms with Gasteiger partial charge in [0, 0.05) is 0 Å². The number of alkyl halides is 6. The molecule has 21 heavy (non-hydrogen) atoms. The van der Waals surface area contributed by atoms with Crippen molar-refractivity contribution in [3.8, 4) is 0 Å². The van der Waals surface area contributed by atoms with E-state index in [1.54, 1.807) is 6.92 Å². The van der Waals surface area contributed by atoms with E-state index in [9.17, 15) is 31.1 Å². The van der Waals surface area contributed by atoms with Crippen molar-refractivity contribution in [2.45, 2.75) is 39.5 Å². The minimum absolute atomic E-state index is 0.0819. The zero-order chi connectivity index (χ0) is 16.6. The van der Waals surface area contributed by atoms with Crippen molar-refractivity contribution in [3.63, 3.8) is 0 Å². The summed E-state index contributed by atoms with van der Waals surface area (Å²) < 4.78 is 79.7. The van der Waals surface area contributed by atoms with E-state index in [1.165, 1.54) is 13.8 Å². The van der Waals surface area contributed by atoms with Crippen LogP contribution in [-0.4, -0.2) is 24.9 Å². The molecule has 0 aromatic carbocycles. The highest BCUT2D eigenvalue weighted by atomic mass is 19.4. The van der Waals surface area contributed by atoms with Crippen molar-refractivity contribution in [3.05, 3.63) is 11.6 Å². The first-order valence-corrected chi connectivity index (χ1v) is 6.34. The maximum atomic E-state index is 12.5. The third-order valence-electron chi connectivity index (χ3n) is 3.89. The van der Waals surface area contributed by atoms with Crippen LogP contribution in [0.15, 0.2) is 11.6 Å². The van der Waals surface area contributed by atoms with Crippen LogP contribution in [0, 0.1) is 17.3 Å². The van der Waals surface area contributed by atoms with Gasteiger partial charge in [0.05, 0.1) is 12.5 Å². The molecule has 0 amide bonds. The molecule has 0 spiro atoms. The van der Waals surface area contributed by atoms with Crippen LogP contribution in [0.3, 0.4) is 0 Å². The molecule has 1 rings (SSSR count). The number of halogens is 6. The Bertz CT molecular complexity index is 417. The average Bonchev–Trinajstić information content (AvgIpc) is 2.24. The molecule has 1 saturated carbocycles. The smallest absolute Gasteiger partial charge is 0.421 e. The van der Waals surface area contributed by atoms with E-state index in [0.717, 1.165) is 0 Å². The minimum atomic E-state index is -5.47. The van der Waals surface area contributed by atoms with Crippen LogP contribution < -0.4 is 0 Å². The lowest BCUT2D eigenvalue weighted by atomic mass is 9.54. The summed E-state index contributed by atoms with van der Waals surface area (Å²) in [6.07, 6.45) is -10.8. The van der Waals surface area contributed by atoms with Gasteiger partial charge in [0.25, 0.3) is 0 Å². The lowest BCUT2D eigenvalue weighted by Gasteiger charge is -2.49. The van der Waals surface area contributed by atoms with Crippen molar-refractivity contribution in [1.29, 1.82) is 0 Å². The highest BCUT2D eigenvalue weighted by Crippen LogP contribution is 2.54. The van der Waals surface area contributed by atoms with Crippen LogP contribution in [0.2, 0.25) is 0 Å². The summed E-state index contributed by atoms with van der Waals surface area (Å²) in [6, 6.07) is 0. The molecule has 8 heteroatoms. The van der Waals surface area contributed by atoms with Crippen LogP contribution in [0.5, 0.6) is 0 Å². The summed E-state index contributed by atoms with van der Waals surface area (Å²) in [5, 5.41) is 0. The molecule has 0 aliphatic heterocycles. The van der Waals surface area contributed by atoms with Crippen molar-refractivity contribution < 1.29 is 35.9 Å². The van der Waals surface area contributed by atoms with Crippen molar-refractivity contribution in [2.24, 2.45) is 17.3 Å². The van der Waals surface area contributed by atoms with E-state index in [0.29, 0.717) is 0 Å². The molecule has 2 atom stereocenters. The van der Waals surface area contributed by atoms with Gasteiger partial charge < -0.3 is 4.74 Å². The molecule has 2 nitrogen and oxygen atoms in total. The summed E-state index contributed by atoms with van der Waals surface area (Å²) in [5.74, 6) is -2.26. The first-order valence-electron chi connectivity index (χ1n) is 6.34. The van der Waals surface area contributed by atoms with Crippen LogP contribution >= 0.6 is 0 Å². The zero-order valence-electron chi connectivity index (χ0n) is 11.7. The maximum absolute atomic E-state index is 12.5. The fraction of sp³-hybridized carbons (Fsp3) is 0.769. The Hall–Kier alpha value is -1.21. The van der Waals surface area contributed by atoms with Gasteiger partial charge in [0.1, 0.15) is 5.57 Å². The molecule has 0 heterocycles. The molecule has 2 unspecified atom stereocenters. The molecule has 1 fully saturated rings. The van der Waals surface area contributed by atoms with Crippen LogP contribution in [-0.2, 0) is 9.53 Å². The lowest BCUT2D eigenvalue weighted by molar-refractivity contribution is -0.174. The van der Waals surface area contributed by atoms with Gasteiger partial charge in [0.2, 0.25) is 0 Å². The third-order valence-corrected chi connectivity index (χ3v) is 3.89. The van der Waals surface area contributed by atoms with Crippen molar-refractivity contribution >= 4 is 5.97 Å². The van der Waals surface area contributed by atoms with Gasteiger partial charge in [-0.15, -0.1) is 0 Å². The van der Waals surface area contributed by atoms with Gasteiger partial charge in [-0.25, -0.2) is 0 Å². The molecule has 0 bridgehead atoms. The average molecular weight is 318 g/mol. The molecule has 0 radical (unpaired) electrons. The Kier molecular flexibility index (Phi) is 4.70. The number of carbonyl (C=O) groups is 1. The highest BCUT2D eigenvalue weighted by molar-refractivity contribution is 5.75. The molecule has 0 N–H and O–H groups in total. The van der Waals surface area contributed by atoms with E-state index in [2.05, 4.69) is 0 Å². The summed E-state index contributed by atoms with van der Waals surface area (Å²) in [5.41, 5.74) is -3.52. The molecule has 0 aromatic heterocycles. The predicted molar refractivity (Wildman–Crippen MR) is 62.2 cm³/mol. The standard InChI is InChI=1S/C13H16F6O2/c1-4-21-10(20)8-5-7(11(8,2)3)6-9(12(14,15)16)13(17,18)19/h6-8H,4-5H2,1-3H3. The van der Waals surface area contributed by atoms with E-state index in [4.69, 9.17) is 4.74 Å². The molecular formula is C13H16F6O2. The second kappa shape index (κ2) is 5.53. The molecule has 1 aliphatic carbocycles. The summed E-state index contributed by atoms with van der Waals surface area (Å²) in [6.45, 7) is 4.61. The van der Waals surface area contributed by atoms with Gasteiger partial charge in [-0.2, -0.15) is 26.3 Å². The number of rotatable bonds is 3. The molecule has 0 aromatic rings. The normalized spacial score (nSPS) is 25.0. The Morgan fingerprint density at radius 2 is 1.67 bits per heavy atom. The molecule has 1 aliphatic rings. The largest absolute Gasteiger partial charge is 0.466 e.